The van der Waals surface area contributed by atoms with Crippen molar-refractivity contribution in [2.45, 2.75) is 0 Å². The summed E-state index contributed by atoms with van der Waals surface area (Å²) in [6.45, 7) is 1.07. The Morgan fingerprint density at radius 3 is 2.87 bits per heavy atom. The van der Waals surface area contributed by atoms with Gasteiger partial charge in [0.2, 0.25) is 11.8 Å². The molecule has 0 aliphatic carbocycles. The van der Waals surface area contributed by atoms with E-state index in [2.05, 4.69) is 10.3 Å². The first-order chi connectivity index (χ1) is 11.1. The maximum Gasteiger partial charge on any atom is 0.247 e. The van der Waals surface area contributed by atoms with E-state index in [0.717, 1.165) is 10.6 Å². The number of piperazine rings is 1. The number of carbonyl (C=O) groups excluding carboxylic acids is 2. The summed E-state index contributed by atoms with van der Waals surface area (Å²) in [5.41, 5.74) is 1.49. The molecule has 2 amide bonds. The van der Waals surface area contributed by atoms with Crippen LogP contribution in [0.2, 0.25) is 0 Å². The lowest BCUT2D eigenvalue weighted by Gasteiger charge is -2.25. The fourth-order valence-corrected chi connectivity index (χ4v) is 2.97. The van der Waals surface area contributed by atoms with Crippen molar-refractivity contribution < 1.29 is 14.0 Å². The van der Waals surface area contributed by atoms with Crippen LogP contribution >= 0.6 is 11.3 Å². The number of aromatic nitrogens is 1. The van der Waals surface area contributed by atoms with Gasteiger partial charge in [0, 0.05) is 30.1 Å². The van der Waals surface area contributed by atoms with E-state index in [1.54, 1.807) is 18.2 Å². The highest BCUT2D eigenvalue weighted by molar-refractivity contribution is 7.13. The number of thiazole rings is 1. The topological polar surface area (TPSA) is 62.3 Å². The monoisotopic (exact) mass is 331 g/mol. The van der Waals surface area contributed by atoms with Crippen LogP contribution in [0.4, 0.5) is 4.39 Å². The summed E-state index contributed by atoms with van der Waals surface area (Å²) in [7, 11) is 0. The Morgan fingerprint density at radius 1 is 1.35 bits per heavy atom. The second-order valence-corrected chi connectivity index (χ2v) is 5.89. The number of nitrogens with zero attached hydrogens (tertiary/aromatic N) is 2. The lowest BCUT2D eigenvalue weighted by molar-refractivity contribution is -0.134. The molecule has 0 saturated carbocycles. The first kappa shape index (κ1) is 15.4. The van der Waals surface area contributed by atoms with Gasteiger partial charge in [0.05, 0.1) is 12.2 Å². The van der Waals surface area contributed by atoms with Crippen molar-refractivity contribution in [2.75, 3.05) is 19.6 Å². The van der Waals surface area contributed by atoms with Crippen molar-refractivity contribution in [1.29, 1.82) is 0 Å². The van der Waals surface area contributed by atoms with E-state index in [0.29, 0.717) is 18.8 Å². The van der Waals surface area contributed by atoms with Crippen molar-refractivity contribution in [1.82, 2.24) is 15.2 Å². The van der Waals surface area contributed by atoms with Gasteiger partial charge in [-0.05, 0) is 30.3 Å². The third kappa shape index (κ3) is 3.81. The number of hydrogen-bond acceptors (Lipinski definition) is 4. The Labute approximate surface area is 136 Å². The number of hydrogen-bond donors (Lipinski definition) is 1. The van der Waals surface area contributed by atoms with E-state index in [1.165, 1.54) is 34.4 Å². The van der Waals surface area contributed by atoms with E-state index in [9.17, 15) is 14.0 Å². The third-order valence-electron chi connectivity index (χ3n) is 3.36. The van der Waals surface area contributed by atoms with E-state index in [1.807, 2.05) is 5.38 Å². The molecule has 7 heteroatoms. The summed E-state index contributed by atoms with van der Waals surface area (Å²) in [6.07, 6.45) is 3.04. The van der Waals surface area contributed by atoms with Crippen LogP contribution in [0.25, 0.3) is 16.6 Å². The molecular formula is C16H14FN3O2S. The highest BCUT2D eigenvalue weighted by atomic mass is 32.1. The molecule has 1 aromatic carbocycles. The molecule has 1 fully saturated rings. The summed E-state index contributed by atoms with van der Waals surface area (Å²) < 4.78 is 12.9. The van der Waals surface area contributed by atoms with Gasteiger partial charge >= 0.3 is 0 Å². The summed E-state index contributed by atoms with van der Waals surface area (Å²) in [6, 6.07) is 6.10. The molecule has 0 radical (unpaired) electrons. The smallest absolute Gasteiger partial charge is 0.247 e. The normalized spacial score (nSPS) is 15.0. The molecule has 0 unspecified atom stereocenters. The Kier molecular flexibility index (Phi) is 4.47. The molecule has 2 aromatic rings. The zero-order chi connectivity index (χ0) is 16.2. The second-order valence-electron chi connectivity index (χ2n) is 5.03. The van der Waals surface area contributed by atoms with E-state index >= 15 is 0 Å². The number of rotatable bonds is 3. The van der Waals surface area contributed by atoms with Gasteiger partial charge < -0.3 is 10.2 Å². The van der Waals surface area contributed by atoms with Crippen molar-refractivity contribution in [2.24, 2.45) is 0 Å². The quantitative estimate of drug-likeness (QED) is 0.874. The van der Waals surface area contributed by atoms with E-state index in [4.69, 9.17) is 0 Å². The molecule has 23 heavy (non-hydrogen) atoms. The fourth-order valence-electron chi connectivity index (χ4n) is 2.18. The molecule has 0 spiro atoms. The maximum absolute atomic E-state index is 12.9. The Morgan fingerprint density at radius 2 is 2.13 bits per heavy atom. The minimum absolute atomic E-state index is 0.0844. The summed E-state index contributed by atoms with van der Waals surface area (Å²) in [4.78, 5) is 29.2. The fraction of sp³-hybridized carbons (Fsp3) is 0.188. The molecule has 2 heterocycles. The average molecular weight is 331 g/mol. The Bertz CT molecular complexity index is 755. The predicted octanol–water partition coefficient (Wildman–Crippen LogP) is 1.92. The SMILES string of the molecule is O=C1CN(C(=O)/C=C/c2csc(-c3ccc(F)cc3)n2)CCN1. The van der Waals surface area contributed by atoms with Crippen LogP contribution in [0.15, 0.2) is 35.7 Å². The third-order valence-corrected chi connectivity index (χ3v) is 4.27. The van der Waals surface area contributed by atoms with Gasteiger partial charge in [0.1, 0.15) is 10.8 Å². The van der Waals surface area contributed by atoms with Crippen molar-refractivity contribution >= 4 is 29.2 Å². The maximum atomic E-state index is 12.9. The number of carbonyl (C=O) groups is 2. The molecule has 3 rings (SSSR count). The largest absolute Gasteiger partial charge is 0.353 e. The Balaban J connectivity index is 1.67. The minimum atomic E-state index is -0.290. The van der Waals surface area contributed by atoms with Crippen LogP contribution in [-0.4, -0.2) is 41.3 Å². The van der Waals surface area contributed by atoms with Crippen LogP contribution in [0.1, 0.15) is 5.69 Å². The zero-order valence-corrected chi connectivity index (χ0v) is 13.0. The van der Waals surface area contributed by atoms with Crippen LogP contribution in [0.5, 0.6) is 0 Å². The lowest BCUT2D eigenvalue weighted by atomic mass is 10.2. The summed E-state index contributed by atoms with van der Waals surface area (Å²) >= 11 is 1.42. The highest BCUT2D eigenvalue weighted by Crippen LogP contribution is 2.24. The number of nitrogens with one attached hydrogen (secondary N) is 1. The minimum Gasteiger partial charge on any atom is -0.353 e. The van der Waals surface area contributed by atoms with Crippen LogP contribution in [-0.2, 0) is 9.59 Å². The molecular weight excluding hydrogens is 317 g/mol. The predicted molar refractivity (Wildman–Crippen MR) is 86.1 cm³/mol. The van der Waals surface area contributed by atoms with Crippen molar-refractivity contribution in [3.63, 3.8) is 0 Å². The number of amides is 2. The summed E-state index contributed by atoms with van der Waals surface area (Å²) in [5, 5.41) is 5.26. The standard InChI is InChI=1S/C16H14FN3O2S/c17-12-3-1-11(2-4-12)16-19-13(10-23-16)5-6-15(22)20-8-7-18-14(21)9-20/h1-6,10H,7-9H2,(H,18,21)/b6-5+. The molecule has 5 nitrogen and oxygen atoms in total. The lowest BCUT2D eigenvalue weighted by Crippen LogP contribution is -2.49. The molecule has 1 aliphatic heterocycles. The number of benzene rings is 1. The number of halogens is 1. The van der Waals surface area contributed by atoms with Gasteiger partial charge in [-0.1, -0.05) is 0 Å². The second kappa shape index (κ2) is 6.70. The van der Waals surface area contributed by atoms with Crippen molar-refractivity contribution in [3.05, 3.63) is 47.2 Å². The first-order valence-electron chi connectivity index (χ1n) is 7.07. The van der Waals surface area contributed by atoms with Crippen LogP contribution in [0.3, 0.4) is 0 Å². The van der Waals surface area contributed by atoms with Gasteiger partial charge in [0.25, 0.3) is 0 Å². The molecule has 1 N–H and O–H groups in total. The Hall–Kier alpha value is -2.54. The molecule has 1 aromatic heterocycles. The highest BCUT2D eigenvalue weighted by Gasteiger charge is 2.19. The molecule has 1 saturated heterocycles. The average Bonchev–Trinajstić information content (AvgIpc) is 3.02. The van der Waals surface area contributed by atoms with Crippen LogP contribution in [0, 0.1) is 5.82 Å². The molecule has 1 aliphatic rings. The first-order valence-corrected chi connectivity index (χ1v) is 7.95. The van der Waals surface area contributed by atoms with Gasteiger partial charge in [-0.2, -0.15) is 0 Å². The molecule has 118 valence electrons. The molecule has 0 bridgehead atoms. The van der Waals surface area contributed by atoms with Crippen LogP contribution < -0.4 is 5.32 Å². The van der Waals surface area contributed by atoms with Gasteiger partial charge in [-0.3, -0.25) is 9.59 Å². The van der Waals surface area contributed by atoms with Crippen molar-refractivity contribution in [3.8, 4) is 10.6 Å². The van der Waals surface area contributed by atoms with E-state index in [-0.39, 0.29) is 24.2 Å². The van der Waals surface area contributed by atoms with Gasteiger partial charge in [0.15, 0.2) is 0 Å². The van der Waals surface area contributed by atoms with Gasteiger partial charge in [-0.15, -0.1) is 11.3 Å². The summed E-state index contributed by atoms with van der Waals surface area (Å²) in [5.74, 6) is -0.650. The van der Waals surface area contributed by atoms with Gasteiger partial charge in [-0.25, -0.2) is 9.37 Å². The van der Waals surface area contributed by atoms with E-state index < -0.39 is 0 Å². The zero-order valence-electron chi connectivity index (χ0n) is 12.2. The molecule has 0 atom stereocenters.